The van der Waals surface area contributed by atoms with Crippen LogP contribution in [0.5, 0.6) is 5.75 Å². The molecular weight excluding hydrogens is 204 g/mol. The second-order valence-corrected chi connectivity index (χ2v) is 3.75. The lowest BCUT2D eigenvalue weighted by Gasteiger charge is -2.23. The number of phenols is 1. The SMILES string of the molecule is CC(O)(c1ccc(O)cc1)c1cncnc1. The van der Waals surface area contributed by atoms with E-state index in [4.69, 9.17) is 0 Å². The number of hydrogen-bond donors (Lipinski definition) is 2. The van der Waals surface area contributed by atoms with Crippen molar-refractivity contribution in [1.82, 2.24) is 9.97 Å². The van der Waals surface area contributed by atoms with Gasteiger partial charge in [-0.3, -0.25) is 0 Å². The van der Waals surface area contributed by atoms with Gasteiger partial charge in [-0.2, -0.15) is 0 Å². The Labute approximate surface area is 93.2 Å². The van der Waals surface area contributed by atoms with Gasteiger partial charge in [-0.25, -0.2) is 9.97 Å². The van der Waals surface area contributed by atoms with E-state index in [1.807, 2.05) is 0 Å². The molecule has 0 aliphatic rings. The molecule has 0 bridgehead atoms. The molecule has 0 spiro atoms. The lowest BCUT2D eigenvalue weighted by atomic mass is 9.90. The van der Waals surface area contributed by atoms with E-state index in [1.54, 1.807) is 31.5 Å². The highest BCUT2D eigenvalue weighted by Gasteiger charge is 2.25. The molecule has 0 saturated heterocycles. The van der Waals surface area contributed by atoms with Gasteiger partial charge in [0.15, 0.2) is 0 Å². The molecular formula is C12H12N2O2. The van der Waals surface area contributed by atoms with E-state index in [-0.39, 0.29) is 5.75 Å². The topological polar surface area (TPSA) is 66.2 Å². The third-order valence-electron chi connectivity index (χ3n) is 2.55. The molecule has 2 rings (SSSR count). The van der Waals surface area contributed by atoms with Crippen LogP contribution in [0, 0.1) is 0 Å². The first-order valence-electron chi connectivity index (χ1n) is 4.88. The van der Waals surface area contributed by atoms with Gasteiger partial charge in [-0.05, 0) is 24.6 Å². The molecule has 0 radical (unpaired) electrons. The van der Waals surface area contributed by atoms with Crippen molar-refractivity contribution in [2.75, 3.05) is 0 Å². The molecule has 1 aromatic carbocycles. The van der Waals surface area contributed by atoms with E-state index < -0.39 is 5.60 Å². The van der Waals surface area contributed by atoms with Crippen LogP contribution in [-0.4, -0.2) is 20.2 Å². The van der Waals surface area contributed by atoms with Crippen LogP contribution < -0.4 is 0 Å². The maximum absolute atomic E-state index is 10.4. The zero-order valence-electron chi connectivity index (χ0n) is 8.83. The highest BCUT2D eigenvalue weighted by atomic mass is 16.3. The molecule has 2 aromatic rings. The van der Waals surface area contributed by atoms with Gasteiger partial charge >= 0.3 is 0 Å². The number of aliphatic hydroxyl groups is 1. The average Bonchev–Trinajstić information content (AvgIpc) is 2.31. The van der Waals surface area contributed by atoms with Crippen LogP contribution in [0.1, 0.15) is 18.1 Å². The van der Waals surface area contributed by atoms with Crippen molar-refractivity contribution in [3.63, 3.8) is 0 Å². The van der Waals surface area contributed by atoms with Crippen LogP contribution in [0.3, 0.4) is 0 Å². The fourth-order valence-electron chi connectivity index (χ4n) is 1.50. The molecule has 1 atom stereocenters. The minimum Gasteiger partial charge on any atom is -0.508 e. The fourth-order valence-corrected chi connectivity index (χ4v) is 1.50. The Morgan fingerprint density at radius 3 is 2.12 bits per heavy atom. The van der Waals surface area contributed by atoms with Crippen LogP contribution in [0.4, 0.5) is 0 Å². The van der Waals surface area contributed by atoms with Crippen LogP contribution in [0.2, 0.25) is 0 Å². The number of nitrogens with zero attached hydrogens (tertiary/aromatic N) is 2. The largest absolute Gasteiger partial charge is 0.508 e. The van der Waals surface area contributed by atoms with E-state index in [2.05, 4.69) is 9.97 Å². The molecule has 1 aromatic heterocycles. The Kier molecular flexibility index (Phi) is 2.58. The number of phenolic OH excluding ortho intramolecular Hbond substituents is 1. The Morgan fingerprint density at radius 1 is 1.00 bits per heavy atom. The van der Waals surface area contributed by atoms with Crippen molar-refractivity contribution >= 4 is 0 Å². The van der Waals surface area contributed by atoms with Gasteiger partial charge in [0.05, 0.1) is 0 Å². The average molecular weight is 216 g/mol. The zero-order valence-corrected chi connectivity index (χ0v) is 8.83. The monoisotopic (exact) mass is 216 g/mol. The highest BCUT2D eigenvalue weighted by molar-refractivity contribution is 5.35. The van der Waals surface area contributed by atoms with Crippen molar-refractivity contribution in [2.45, 2.75) is 12.5 Å². The Bertz CT molecular complexity index is 466. The van der Waals surface area contributed by atoms with Gasteiger partial charge in [0.1, 0.15) is 17.7 Å². The van der Waals surface area contributed by atoms with Crippen LogP contribution >= 0.6 is 0 Å². The summed E-state index contributed by atoms with van der Waals surface area (Å²) >= 11 is 0. The van der Waals surface area contributed by atoms with E-state index in [0.29, 0.717) is 11.1 Å². The Hall–Kier alpha value is -1.94. The van der Waals surface area contributed by atoms with Crippen LogP contribution in [0.15, 0.2) is 43.0 Å². The number of benzene rings is 1. The lowest BCUT2D eigenvalue weighted by molar-refractivity contribution is 0.101. The molecule has 4 heteroatoms. The summed E-state index contributed by atoms with van der Waals surface area (Å²) < 4.78 is 0. The Balaban J connectivity index is 2.43. The first-order chi connectivity index (χ1) is 7.60. The molecule has 0 saturated carbocycles. The molecule has 1 heterocycles. The summed E-state index contributed by atoms with van der Waals surface area (Å²) in [4.78, 5) is 7.75. The van der Waals surface area contributed by atoms with Gasteiger partial charge in [0, 0.05) is 18.0 Å². The van der Waals surface area contributed by atoms with Crippen molar-refractivity contribution in [3.05, 3.63) is 54.1 Å². The summed E-state index contributed by atoms with van der Waals surface area (Å²) in [6.45, 7) is 1.66. The van der Waals surface area contributed by atoms with E-state index in [9.17, 15) is 10.2 Å². The van der Waals surface area contributed by atoms with Gasteiger partial charge in [0.2, 0.25) is 0 Å². The number of rotatable bonds is 2. The van der Waals surface area contributed by atoms with Gasteiger partial charge in [0.25, 0.3) is 0 Å². The summed E-state index contributed by atoms with van der Waals surface area (Å²) in [6.07, 6.45) is 4.55. The van der Waals surface area contributed by atoms with Crippen molar-refractivity contribution in [2.24, 2.45) is 0 Å². The third-order valence-corrected chi connectivity index (χ3v) is 2.55. The maximum atomic E-state index is 10.4. The summed E-state index contributed by atoms with van der Waals surface area (Å²) in [5.41, 5.74) is 0.135. The third kappa shape index (κ3) is 1.87. The summed E-state index contributed by atoms with van der Waals surface area (Å²) in [6, 6.07) is 6.41. The molecule has 0 aliphatic heterocycles. The normalized spacial score (nSPS) is 14.4. The number of aromatic hydroxyl groups is 1. The molecule has 0 fully saturated rings. The second kappa shape index (κ2) is 3.90. The van der Waals surface area contributed by atoms with E-state index in [1.165, 1.54) is 18.5 Å². The molecule has 4 nitrogen and oxygen atoms in total. The molecule has 1 unspecified atom stereocenters. The van der Waals surface area contributed by atoms with Crippen molar-refractivity contribution in [3.8, 4) is 5.75 Å². The molecule has 0 amide bonds. The fraction of sp³-hybridized carbons (Fsp3) is 0.167. The number of hydrogen-bond acceptors (Lipinski definition) is 4. The van der Waals surface area contributed by atoms with Crippen molar-refractivity contribution < 1.29 is 10.2 Å². The standard InChI is InChI=1S/C12H12N2O2/c1-12(16,10-6-13-8-14-7-10)9-2-4-11(15)5-3-9/h2-8,15-16H,1H3. The quantitative estimate of drug-likeness (QED) is 0.797. The molecule has 16 heavy (non-hydrogen) atoms. The Morgan fingerprint density at radius 2 is 1.56 bits per heavy atom. The molecule has 0 aliphatic carbocycles. The number of aromatic nitrogens is 2. The minimum absolute atomic E-state index is 0.170. The lowest BCUT2D eigenvalue weighted by Crippen LogP contribution is -2.23. The van der Waals surface area contributed by atoms with Crippen LogP contribution in [-0.2, 0) is 5.60 Å². The maximum Gasteiger partial charge on any atom is 0.115 e. The van der Waals surface area contributed by atoms with Crippen molar-refractivity contribution in [1.29, 1.82) is 0 Å². The van der Waals surface area contributed by atoms with E-state index >= 15 is 0 Å². The molecule has 2 N–H and O–H groups in total. The summed E-state index contributed by atoms with van der Waals surface area (Å²) in [7, 11) is 0. The van der Waals surface area contributed by atoms with Gasteiger partial charge in [-0.15, -0.1) is 0 Å². The zero-order chi connectivity index (χ0) is 11.6. The predicted molar refractivity (Wildman–Crippen MR) is 58.8 cm³/mol. The van der Waals surface area contributed by atoms with E-state index in [0.717, 1.165) is 0 Å². The summed E-state index contributed by atoms with van der Waals surface area (Å²) in [5.74, 6) is 0.170. The summed E-state index contributed by atoms with van der Waals surface area (Å²) in [5, 5.41) is 19.6. The first kappa shape index (κ1) is 10.6. The predicted octanol–water partition coefficient (Wildman–Crippen LogP) is 1.44. The first-order valence-corrected chi connectivity index (χ1v) is 4.88. The second-order valence-electron chi connectivity index (χ2n) is 3.75. The highest BCUT2D eigenvalue weighted by Crippen LogP contribution is 2.28. The van der Waals surface area contributed by atoms with Gasteiger partial charge < -0.3 is 10.2 Å². The molecule has 82 valence electrons. The van der Waals surface area contributed by atoms with Crippen LogP contribution in [0.25, 0.3) is 0 Å². The van der Waals surface area contributed by atoms with Gasteiger partial charge in [-0.1, -0.05) is 12.1 Å². The smallest absolute Gasteiger partial charge is 0.115 e. The minimum atomic E-state index is -1.16.